The molecule has 3 aromatic carbocycles. The van der Waals surface area contributed by atoms with E-state index in [4.69, 9.17) is 46.4 Å². The zero-order valence-electron chi connectivity index (χ0n) is 13.8. The maximum atomic E-state index is 13.1. The minimum atomic E-state index is -1.67. The molecule has 0 saturated heterocycles. The first kappa shape index (κ1) is 20.7. The Bertz CT molecular complexity index is 907. The van der Waals surface area contributed by atoms with Crippen LogP contribution in [0.3, 0.4) is 0 Å². The summed E-state index contributed by atoms with van der Waals surface area (Å²) in [7, 11) is -1.67. The van der Waals surface area contributed by atoms with Crippen molar-refractivity contribution in [3.63, 3.8) is 0 Å². The van der Waals surface area contributed by atoms with Gasteiger partial charge in [-0.05, 0) is 47.5 Å². The highest BCUT2D eigenvalue weighted by Gasteiger charge is 2.35. The van der Waals surface area contributed by atoms with Crippen LogP contribution in [0.4, 0.5) is 0 Å². The molecule has 3 aromatic rings. The van der Waals surface area contributed by atoms with E-state index in [0.717, 1.165) is 0 Å². The summed E-state index contributed by atoms with van der Waals surface area (Å²) < 4.78 is 13.1. The summed E-state index contributed by atoms with van der Waals surface area (Å²) >= 11 is 24.3. The zero-order valence-corrected chi connectivity index (χ0v) is 17.7. The van der Waals surface area contributed by atoms with E-state index in [2.05, 4.69) is 0 Å². The maximum absolute atomic E-state index is 13.1. The molecule has 0 radical (unpaired) electrons. The SMILES string of the molecule is O=[S@](CC(O)(c1ccc(Cl)cc1)c1ccc(Cl)cc1)c1c(Cl)cccc1Cl. The molecule has 0 aromatic heterocycles. The fourth-order valence-corrected chi connectivity index (χ4v) is 5.34. The van der Waals surface area contributed by atoms with Gasteiger partial charge in [0.25, 0.3) is 0 Å². The third-order valence-corrected chi connectivity index (χ3v) is 7.06. The second kappa shape index (κ2) is 8.52. The Labute approximate surface area is 180 Å². The predicted molar refractivity (Wildman–Crippen MR) is 114 cm³/mol. The van der Waals surface area contributed by atoms with Gasteiger partial charge in [-0.3, -0.25) is 4.21 Å². The second-order valence-electron chi connectivity index (χ2n) is 5.91. The third-order valence-electron chi connectivity index (χ3n) is 4.13. The van der Waals surface area contributed by atoms with E-state index in [1.807, 2.05) is 0 Å². The van der Waals surface area contributed by atoms with Gasteiger partial charge in [-0.15, -0.1) is 0 Å². The van der Waals surface area contributed by atoms with Gasteiger partial charge in [-0.1, -0.05) is 76.7 Å². The Kier molecular flexibility index (Phi) is 6.52. The molecular weight excluding hydrogens is 446 g/mol. The number of benzene rings is 3. The standard InChI is InChI=1S/C20H14Cl4O2S/c21-15-8-4-13(5-9-15)20(25,14-6-10-16(22)11-7-14)12-27(26)19-17(23)2-1-3-18(19)24/h1-11,25H,12H2/t27-/m1/s1. The largest absolute Gasteiger partial charge is 0.379 e. The van der Waals surface area contributed by atoms with E-state index >= 15 is 0 Å². The lowest BCUT2D eigenvalue weighted by molar-refractivity contribution is 0.106. The van der Waals surface area contributed by atoms with Crippen molar-refractivity contribution >= 4 is 57.2 Å². The van der Waals surface area contributed by atoms with E-state index in [9.17, 15) is 9.32 Å². The van der Waals surface area contributed by atoms with Gasteiger partial charge in [-0.25, -0.2) is 0 Å². The average Bonchev–Trinajstić information content (AvgIpc) is 2.62. The van der Waals surface area contributed by atoms with Crippen molar-refractivity contribution in [2.75, 3.05) is 5.75 Å². The summed E-state index contributed by atoms with van der Waals surface area (Å²) in [6.45, 7) is 0. The molecule has 0 bridgehead atoms. The van der Waals surface area contributed by atoms with Crippen LogP contribution >= 0.6 is 46.4 Å². The van der Waals surface area contributed by atoms with E-state index in [-0.39, 0.29) is 15.8 Å². The molecular formula is C20H14Cl4O2S. The Balaban J connectivity index is 2.08. The molecule has 0 heterocycles. The van der Waals surface area contributed by atoms with E-state index in [0.29, 0.717) is 26.1 Å². The number of hydrogen-bond donors (Lipinski definition) is 1. The Hall–Kier alpha value is -1.07. The molecule has 140 valence electrons. The normalized spacial score (nSPS) is 12.8. The number of rotatable bonds is 5. The van der Waals surface area contributed by atoms with Crippen LogP contribution in [-0.2, 0) is 16.4 Å². The lowest BCUT2D eigenvalue weighted by Crippen LogP contribution is -2.34. The predicted octanol–water partition coefficient (Wildman–Crippen LogP) is 6.34. The lowest BCUT2D eigenvalue weighted by Gasteiger charge is -2.29. The molecule has 0 unspecified atom stereocenters. The Morgan fingerprint density at radius 3 is 1.56 bits per heavy atom. The zero-order chi connectivity index (χ0) is 19.6. The van der Waals surface area contributed by atoms with Crippen LogP contribution in [0, 0.1) is 0 Å². The van der Waals surface area contributed by atoms with Crippen molar-refractivity contribution in [3.8, 4) is 0 Å². The fraction of sp³-hybridized carbons (Fsp3) is 0.100. The average molecular weight is 460 g/mol. The van der Waals surface area contributed by atoms with Gasteiger partial charge in [-0.2, -0.15) is 0 Å². The smallest absolute Gasteiger partial charge is 0.126 e. The molecule has 1 N–H and O–H groups in total. The topological polar surface area (TPSA) is 37.3 Å². The molecule has 0 aliphatic heterocycles. The van der Waals surface area contributed by atoms with Gasteiger partial charge in [0.2, 0.25) is 0 Å². The summed E-state index contributed by atoms with van der Waals surface area (Å²) in [5, 5.41) is 13.2. The highest BCUT2D eigenvalue weighted by atomic mass is 35.5. The van der Waals surface area contributed by atoms with Crippen LogP contribution in [0.5, 0.6) is 0 Å². The van der Waals surface area contributed by atoms with Crippen LogP contribution in [0.15, 0.2) is 71.6 Å². The molecule has 0 fully saturated rings. The van der Waals surface area contributed by atoms with Gasteiger partial charge in [0.05, 0.1) is 31.5 Å². The van der Waals surface area contributed by atoms with Crippen LogP contribution in [-0.4, -0.2) is 15.1 Å². The maximum Gasteiger partial charge on any atom is 0.126 e. The van der Waals surface area contributed by atoms with Crippen molar-refractivity contribution in [2.24, 2.45) is 0 Å². The second-order valence-corrected chi connectivity index (χ2v) is 8.99. The Morgan fingerprint density at radius 1 is 0.741 bits per heavy atom. The Morgan fingerprint density at radius 2 is 1.15 bits per heavy atom. The van der Waals surface area contributed by atoms with Crippen LogP contribution < -0.4 is 0 Å². The first-order valence-electron chi connectivity index (χ1n) is 7.88. The van der Waals surface area contributed by atoms with E-state index in [1.165, 1.54) is 0 Å². The minimum absolute atomic E-state index is 0.139. The van der Waals surface area contributed by atoms with Gasteiger partial charge in [0.15, 0.2) is 0 Å². The molecule has 27 heavy (non-hydrogen) atoms. The highest BCUT2D eigenvalue weighted by Crippen LogP contribution is 2.36. The highest BCUT2D eigenvalue weighted by molar-refractivity contribution is 7.85. The quantitative estimate of drug-likeness (QED) is 0.483. The molecule has 1 atom stereocenters. The van der Waals surface area contributed by atoms with Crippen molar-refractivity contribution < 1.29 is 9.32 Å². The van der Waals surface area contributed by atoms with Gasteiger partial charge in [0, 0.05) is 10.0 Å². The first-order valence-corrected chi connectivity index (χ1v) is 10.7. The molecule has 0 saturated carbocycles. The number of hydrogen-bond acceptors (Lipinski definition) is 2. The summed E-state index contributed by atoms with van der Waals surface area (Å²) in [4.78, 5) is 0.294. The number of aliphatic hydroxyl groups is 1. The molecule has 0 amide bonds. The van der Waals surface area contributed by atoms with Crippen molar-refractivity contribution in [2.45, 2.75) is 10.5 Å². The summed E-state index contributed by atoms with van der Waals surface area (Å²) in [6, 6.07) is 18.4. The van der Waals surface area contributed by atoms with Gasteiger partial charge in [0.1, 0.15) is 5.60 Å². The lowest BCUT2D eigenvalue weighted by atomic mass is 9.88. The summed E-state index contributed by atoms with van der Waals surface area (Å²) in [5.41, 5.74) is -0.459. The fourth-order valence-electron chi connectivity index (χ4n) is 2.75. The number of halogens is 4. The van der Waals surface area contributed by atoms with Crippen molar-refractivity contribution in [1.29, 1.82) is 0 Å². The molecule has 0 aliphatic rings. The molecule has 2 nitrogen and oxygen atoms in total. The summed E-state index contributed by atoms with van der Waals surface area (Å²) in [6.07, 6.45) is 0. The van der Waals surface area contributed by atoms with E-state index in [1.54, 1.807) is 66.7 Å². The molecule has 7 heteroatoms. The van der Waals surface area contributed by atoms with Crippen LogP contribution in [0.2, 0.25) is 20.1 Å². The van der Waals surface area contributed by atoms with Gasteiger partial charge < -0.3 is 5.11 Å². The monoisotopic (exact) mass is 458 g/mol. The molecule has 3 rings (SSSR count). The molecule has 0 spiro atoms. The van der Waals surface area contributed by atoms with Gasteiger partial charge >= 0.3 is 0 Å². The van der Waals surface area contributed by atoms with Crippen LogP contribution in [0.25, 0.3) is 0 Å². The van der Waals surface area contributed by atoms with Crippen LogP contribution in [0.1, 0.15) is 11.1 Å². The summed E-state index contributed by atoms with van der Waals surface area (Å²) in [5.74, 6) is -0.139. The minimum Gasteiger partial charge on any atom is -0.379 e. The first-order chi connectivity index (χ1) is 12.8. The van der Waals surface area contributed by atoms with E-state index < -0.39 is 16.4 Å². The molecule has 0 aliphatic carbocycles. The van der Waals surface area contributed by atoms with Crippen molar-refractivity contribution in [1.82, 2.24) is 0 Å². The third kappa shape index (κ3) is 4.51. The van der Waals surface area contributed by atoms with Crippen molar-refractivity contribution in [3.05, 3.63) is 97.9 Å².